The van der Waals surface area contributed by atoms with E-state index in [2.05, 4.69) is 5.92 Å². The standard InChI is InChI=1S/C25H22ClF3O2/c1-5-16-9-11-17(12-10-16)19-8-6-7-18(15(19)2)14-31-23(30)22-20(24(22,3)4)13-21(26)25(27,28)29/h1,6-13,20,22H,14H2,2-4H3/b21-13-/t20?,22-/m0/s1. The van der Waals surface area contributed by atoms with Crippen LogP contribution in [0.25, 0.3) is 11.1 Å². The summed E-state index contributed by atoms with van der Waals surface area (Å²) in [7, 11) is 0. The van der Waals surface area contributed by atoms with Gasteiger partial charge in [-0.15, -0.1) is 6.42 Å². The highest BCUT2D eigenvalue weighted by molar-refractivity contribution is 6.30. The minimum Gasteiger partial charge on any atom is -0.461 e. The van der Waals surface area contributed by atoms with Crippen LogP contribution in [-0.2, 0) is 16.1 Å². The molecule has 0 aliphatic heterocycles. The molecule has 31 heavy (non-hydrogen) atoms. The Kier molecular flexibility index (Phi) is 6.25. The fraction of sp³-hybridized carbons (Fsp3) is 0.320. The summed E-state index contributed by atoms with van der Waals surface area (Å²) in [6.07, 6.45) is 1.70. The van der Waals surface area contributed by atoms with Crippen LogP contribution in [0.1, 0.15) is 30.5 Å². The third-order valence-corrected chi connectivity index (χ3v) is 6.28. The molecule has 3 rings (SSSR count). The van der Waals surface area contributed by atoms with E-state index in [-0.39, 0.29) is 6.61 Å². The van der Waals surface area contributed by atoms with Crippen molar-refractivity contribution in [1.29, 1.82) is 0 Å². The van der Waals surface area contributed by atoms with E-state index in [0.717, 1.165) is 33.9 Å². The number of halogens is 4. The van der Waals surface area contributed by atoms with Crippen LogP contribution >= 0.6 is 11.6 Å². The topological polar surface area (TPSA) is 26.3 Å². The van der Waals surface area contributed by atoms with Gasteiger partial charge in [0.15, 0.2) is 0 Å². The Morgan fingerprint density at radius 2 is 1.87 bits per heavy atom. The molecule has 0 N–H and O–H groups in total. The summed E-state index contributed by atoms with van der Waals surface area (Å²) >= 11 is 5.35. The number of benzene rings is 2. The van der Waals surface area contributed by atoms with Crippen LogP contribution in [0.15, 0.2) is 53.6 Å². The van der Waals surface area contributed by atoms with Crippen molar-refractivity contribution in [3.05, 3.63) is 70.3 Å². The Hall–Kier alpha value is -2.71. The lowest BCUT2D eigenvalue weighted by Crippen LogP contribution is -2.11. The third kappa shape index (κ3) is 4.80. The number of allylic oxidation sites excluding steroid dienone is 2. The molecule has 1 aliphatic carbocycles. The van der Waals surface area contributed by atoms with Crippen molar-refractivity contribution in [1.82, 2.24) is 0 Å². The van der Waals surface area contributed by atoms with Gasteiger partial charge in [-0.3, -0.25) is 4.79 Å². The molecule has 2 nitrogen and oxygen atoms in total. The monoisotopic (exact) mass is 446 g/mol. The first-order valence-electron chi connectivity index (χ1n) is 9.73. The number of carbonyl (C=O) groups is 1. The van der Waals surface area contributed by atoms with Crippen LogP contribution in [0.5, 0.6) is 0 Å². The molecule has 162 valence electrons. The first-order valence-corrected chi connectivity index (χ1v) is 10.1. The van der Waals surface area contributed by atoms with Crippen LogP contribution < -0.4 is 0 Å². The molecule has 2 atom stereocenters. The molecule has 6 heteroatoms. The van der Waals surface area contributed by atoms with Crippen LogP contribution in [0, 0.1) is 36.5 Å². The predicted molar refractivity (Wildman–Crippen MR) is 115 cm³/mol. The van der Waals surface area contributed by atoms with Gasteiger partial charge in [-0.1, -0.05) is 67.8 Å². The highest BCUT2D eigenvalue weighted by Gasteiger charge is 2.62. The number of carbonyl (C=O) groups excluding carboxylic acids is 1. The summed E-state index contributed by atoms with van der Waals surface area (Å²) in [6.45, 7) is 5.43. The fourth-order valence-electron chi connectivity index (χ4n) is 3.83. The second-order valence-electron chi connectivity index (χ2n) is 8.26. The van der Waals surface area contributed by atoms with Crippen LogP contribution in [0.3, 0.4) is 0 Å². The molecule has 0 radical (unpaired) electrons. The predicted octanol–water partition coefficient (Wildman–Crippen LogP) is 6.64. The van der Waals surface area contributed by atoms with Gasteiger partial charge in [0.05, 0.1) is 5.92 Å². The molecule has 1 fully saturated rings. The number of hydrogen-bond acceptors (Lipinski definition) is 2. The van der Waals surface area contributed by atoms with Gasteiger partial charge in [-0.05, 0) is 52.6 Å². The van der Waals surface area contributed by atoms with Crippen LogP contribution in [0.2, 0.25) is 0 Å². The van der Waals surface area contributed by atoms with Gasteiger partial charge in [0.1, 0.15) is 11.6 Å². The normalized spacial score (nSPS) is 20.1. The van der Waals surface area contributed by atoms with Gasteiger partial charge in [0.2, 0.25) is 0 Å². The van der Waals surface area contributed by atoms with Gasteiger partial charge in [0, 0.05) is 5.56 Å². The Morgan fingerprint density at radius 1 is 1.23 bits per heavy atom. The number of esters is 1. The molecule has 2 aromatic carbocycles. The maximum Gasteiger partial charge on any atom is 0.426 e. The van der Waals surface area contributed by atoms with E-state index < -0.39 is 34.4 Å². The quantitative estimate of drug-likeness (QED) is 0.380. The highest BCUT2D eigenvalue weighted by atomic mass is 35.5. The van der Waals surface area contributed by atoms with E-state index in [1.165, 1.54) is 0 Å². The summed E-state index contributed by atoms with van der Waals surface area (Å²) in [5.74, 6) is 0.774. The Bertz CT molecular complexity index is 1060. The lowest BCUT2D eigenvalue weighted by atomic mass is 9.96. The smallest absolute Gasteiger partial charge is 0.426 e. The van der Waals surface area contributed by atoms with Gasteiger partial charge in [0.25, 0.3) is 0 Å². The number of alkyl halides is 3. The van der Waals surface area contributed by atoms with Crippen molar-refractivity contribution in [3.63, 3.8) is 0 Å². The lowest BCUT2D eigenvalue weighted by molar-refractivity contribution is -0.147. The molecule has 0 heterocycles. The van der Waals surface area contributed by atoms with Gasteiger partial charge in [-0.25, -0.2) is 0 Å². The van der Waals surface area contributed by atoms with Crippen molar-refractivity contribution in [2.75, 3.05) is 0 Å². The molecule has 0 saturated heterocycles. The zero-order valence-corrected chi connectivity index (χ0v) is 18.1. The van der Waals surface area contributed by atoms with E-state index in [4.69, 9.17) is 22.8 Å². The molecular formula is C25H22ClF3O2. The molecule has 1 aliphatic rings. The number of terminal acetylenes is 1. The SMILES string of the molecule is C#Cc1ccc(-c2cccc(COC(=O)[C@@H]3C(/C=C(\Cl)C(F)(F)F)C3(C)C)c2C)cc1. The van der Waals surface area contributed by atoms with Gasteiger partial charge in [-0.2, -0.15) is 13.2 Å². The number of ether oxygens (including phenoxy) is 1. The summed E-state index contributed by atoms with van der Waals surface area (Å²) in [6, 6.07) is 13.3. The zero-order valence-electron chi connectivity index (χ0n) is 17.4. The zero-order chi connectivity index (χ0) is 23.0. The third-order valence-electron chi connectivity index (χ3n) is 5.94. The minimum atomic E-state index is -4.62. The van der Waals surface area contributed by atoms with Crippen LogP contribution in [-0.4, -0.2) is 12.1 Å². The first kappa shape index (κ1) is 23.0. The average Bonchev–Trinajstić information content (AvgIpc) is 3.26. The van der Waals surface area contributed by atoms with E-state index in [1.807, 2.05) is 49.4 Å². The molecule has 2 aromatic rings. The maximum atomic E-state index is 12.7. The van der Waals surface area contributed by atoms with E-state index in [9.17, 15) is 18.0 Å². The van der Waals surface area contributed by atoms with Gasteiger partial charge < -0.3 is 4.74 Å². The number of hydrogen-bond donors (Lipinski definition) is 0. The number of rotatable bonds is 5. The van der Waals surface area contributed by atoms with E-state index >= 15 is 0 Å². The Balaban J connectivity index is 1.72. The van der Waals surface area contributed by atoms with Crippen LogP contribution in [0.4, 0.5) is 13.2 Å². The molecule has 0 bridgehead atoms. The fourth-order valence-corrected chi connectivity index (χ4v) is 3.96. The van der Waals surface area contributed by atoms with Crippen molar-refractivity contribution < 1.29 is 22.7 Å². The summed E-state index contributed by atoms with van der Waals surface area (Å²) in [5, 5.41) is -1.21. The van der Waals surface area contributed by atoms with E-state index in [1.54, 1.807) is 13.8 Å². The Labute approximate surface area is 185 Å². The van der Waals surface area contributed by atoms with E-state index in [0.29, 0.717) is 0 Å². The maximum absolute atomic E-state index is 12.7. The second kappa shape index (κ2) is 8.43. The average molecular weight is 447 g/mol. The highest BCUT2D eigenvalue weighted by Crippen LogP contribution is 2.60. The summed E-state index contributed by atoms with van der Waals surface area (Å²) in [4.78, 5) is 12.6. The van der Waals surface area contributed by atoms with Crippen molar-refractivity contribution in [2.45, 2.75) is 33.6 Å². The largest absolute Gasteiger partial charge is 0.461 e. The molecule has 1 saturated carbocycles. The second-order valence-corrected chi connectivity index (χ2v) is 8.66. The van der Waals surface area contributed by atoms with Crippen molar-refractivity contribution in [2.24, 2.45) is 17.3 Å². The van der Waals surface area contributed by atoms with Crippen molar-refractivity contribution >= 4 is 17.6 Å². The van der Waals surface area contributed by atoms with Gasteiger partial charge >= 0.3 is 12.1 Å². The summed E-state index contributed by atoms with van der Waals surface area (Å²) < 4.78 is 43.6. The molecule has 0 aromatic heterocycles. The lowest BCUT2D eigenvalue weighted by Gasteiger charge is -2.13. The van der Waals surface area contributed by atoms with Crippen molar-refractivity contribution in [3.8, 4) is 23.5 Å². The molecule has 1 unspecified atom stereocenters. The molecule has 0 amide bonds. The molecular weight excluding hydrogens is 425 g/mol. The first-order chi connectivity index (χ1) is 14.5. The molecule has 0 spiro atoms. The minimum absolute atomic E-state index is 0.0387. The summed E-state index contributed by atoms with van der Waals surface area (Å²) in [5.41, 5.74) is 3.90. The Morgan fingerprint density at radius 3 is 2.45 bits per heavy atom.